The lowest BCUT2D eigenvalue weighted by atomic mass is 10.2. The van der Waals surface area contributed by atoms with Gasteiger partial charge in [-0.1, -0.05) is 32.6 Å². The van der Waals surface area contributed by atoms with Crippen LogP contribution in [-0.2, 0) is 9.68 Å². The maximum atomic E-state index is 13.0. The van der Waals surface area contributed by atoms with Crippen molar-refractivity contribution in [2.24, 2.45) is 0 Å². The number of amides is 1. The Bertz CT molecular complexity index is 1250. The molecule has 0 saturated carbocycles. The molecule has 0 aliphatic heterocycles. The van der Waals surface area contributed by atoms with Gasteiger partial charge in [0.15, 0.2) is 22.6 Å². The third-order valence-electron chi connectivity index (χ3n) is 4.03. The molecular weight excluding hydrogens is 518 g/mol. The third-order valence-corrected chi connectivity index (χ3v) is 4.03. The summed E-state index contributed by atoms with van der Waals surface area (Å²) in [6.45, 7) is 0. The largest absolute Gasteiger partial charge is 0.476 e. The number of nitrogens with zero attached hydrogens (tertiary/aromatic N) is 3. The number of aromatic carboxylic acids is 1. The predicted octanol–water partition coefficient (Wildman–Crippen LogP) is 5.36. The van der Waals surface area contributed by atoms with Crippen LogP contribution >= 0.6 is 12.4 Å². The van der Waals surface area contributed by atoms with E-state index in [4.69, 9.17) is 14.5 Å². The first-order chi connectivity index (χ1) is 15.7. The van der Waals surface area contributed by atoms with Crippen molar-refractivity contribution in [1.82, 2.24) is 20.9 Å². The molecule has 0 spiro atoms. The Labute approximate surface area is 219 Å². The molecule has 0 aliphatic carbocycles. The number of nitrogens with one attached hydrogen (secondary N) is 1. The smallest absolute Gasteiger partial charge is 0.358 e. The number of carbonyl (C=O) groups excluding carboxylic acids is 1. The fourth-order valence-electron chi connectivity index (χ4n) is 2.36. The number of hydrogen-bond donors (Lipinski definition) is 2. The van der Waals surface area contributed by atoms with Crippen LogP contribution in [0.1, 0.15) is 43.3 Å². The van der Waals surface area contributed by atoms with E-state index in [-0.39, 0.29) is 57.0 Å². The van der Waals surface area contributed by atoms with Gasteiger partial charge in [0.2, 0.25) is 0 Å². The number of hydrogen-bond acceptors (Lipinski definition) is 9. The van der Waals surface area contributed by atoms with Crippen LogP contribution in [0.25, 0.3) is 21.9 Å². The van der Waals surface area contributed by atoms with Crippen LogP contribution in [-0.4, -0.2) is 60.7 Å². The van der Waals surface area contributed by atoms with Crippen molar-refractivity contribution in [2.45, 2.75) is 22.3 Å². The van der Waals surface area contributed by atoms with Crippen LogP contribution in [0.5, 0.6) is 0 Å². The van der Waals surface area contributed by atoms with E-state index in [9.17, 15) is 18.4 Å². The Morgan fingerprint density at radius 1 is 0.919 bits per heavy atom. The summed E-state index contributed by atoms with van der Waals surface area (Å²) in [6, 6.07) is 7.45. The zero-order valence-electron chi connectivity index (χ0n) is 18.4. The van der Waals surface area contributed by atoms with Gasteiger partial charge < -0.3 is 19.0 Å². The van der Waals surface area contributed by atoms with Crippen LogP contribution in [0.15, 0.2) is 45.4 Å². The molecular formula is C23H33ClF2N4O7. The maximum absolute atomic E-state index is 13.0. The molecule has 37 heavy (non-hydrogen) atoms. The van der Waals surface area contributed by atoms with E-state index in [1.165, 1.54) is 44.5 Å². The van der Waals surface area contributed by atoms with Crippen molar-refractivity contribution >= 4 is 46.2 Å². The molecule has 0 aliphatic rings. The summed E-state index contributed by atoms with van der Waals surface area (Å²) < 4.78 is 35.3. The summed E-state index contributed by atoms with van der Waals surface area (Å²) in [6.07, 6.45) is 0. The lowest BCUT2D eigenvalue weighted by Crippen LogP contribution is -2.25. The van der Waals surface area contributed by atoms with E-state index in [0.29, 0.717) is 11.0 Å². The number of fused-ring (bicyclic) bond motifs is 2. The molecule has 208 valence electrons. The van der Waals surface area contributed by atoms with Crippen molar-refractivity contribution in [3.05, 3.63) is 59.4 Å². The Morgan fingerprint density at radius 2 is 1.32 bits per heavy atom. The number of halogens is 3. The second kappa shape index (κ2) is 17.7. The Morgan fingerprint density at radius 3 is 1.70 bits per heavy atom. The summed E-state index contributed by atoms with van der Waals surface area (Å²) in [7, 11) is 6.06. The van der Waals surface area contributed by atoms with Crippen LogP contribution in [0, 0.1) is 11.6 Å². The number of hydroxylamine groups is 3. The topological polar surface area (TPSA) is 140 Å². The first kappa shape index (κ1) is 37.9. The molecule has 0 bridgehead atoms. The Balaban J connectivity index is -0.000000504. The summed E-state index contributed by atoms with van der Waals surface area (Å²) in [4.78, 5) is 31.3. The summed E-state index contributed by atoms with van der Waals surface area (Å²) >= 11 is 0. The van der Waals surface area contributed by atoms with Gasteiger partial charge in [-0.3, -0.25) is 9.63 Å². The van der Waals surface area contributed by atoms with E-state index >= 15 is 0 Å². The van der Waals surface area contributed by atoms with E-state index in [1.807, 2.05) is 0 Å². The number of carboxylic acid groups (broad SMARTS) is 1. The van der Waals surface area contributed by atoms with Crippen molar-refractivity contribution in [1.29, 1.82) is 0 Å². The summed E-state index contributed by atoms with van der Waals surface area (Å²) in [5.74, 6) is -2.70. The molecule has 0 unspecified atom stereocenters. The van der Waals surface area contributed by atoms with E-state index in [0.717, 1.165) is 11.1 Å². The lowest BCUT2D eigenvalue weighted by molar-refractivity contribution is -0.0761. The minimum atomic E-state index is -1.23. The monoisotopic (exact) mass is 550 g/mol. The predicted molar refractivity (Wildman–Crippen MR) is 138 cm³/mol. The lowest BCUT2D eigenvalue weighted by Gasteiger charge is -2.11. The normalized spacial score (nSPS) is 9.14. The molecule has 2 heterocycles. The summed E-state index contributed by atoms with van der Waals surface area (Å²) in [5, 5.41) is 17.0. The second-order valence-corrected chi connectivity index (χ2v) is 6.04. The Hall–Kier alpha value is -3.65. The van der Waals surface area contributed by atoms with E-state index in [1.54, 1.807) is 14.2 Å². The van der Waals surface area contributed by atoms with Crippen LogP contribution in [0.2, 0.25) is 0 Å². The maximum Gasteiger partial charge on any atom is 0.358 e. The molecule has 0 atom stereocenters. The molecule has 2 aromatic heterocycles. The van der Waals surface area contributed by atoms with Gasteiger partial charge in [0.05, 0.1) is 25.0 Å². The fourth-order valence-corrected chi connectivity index (χ4v) is 2.36. The molecule has 0 saturated heterocycles. The van der Waals surface area contributed by atoms with Crippen molar-refractivity contribution in [3.63, 3.8) is 0 Å². The second-order valence-electron chi connectivity index (χ2n) is 6.04. The minimum absolute atomic E-state index is 0. The zero-order valence-corrected chi connectivity index (χ0v) is 19.2. The summed E-state index contributed by atoms with van der Waals surface area (Å²) in [5.41, 5.74) is 2.81. The van der Waals surface area contributed by atoms with Crippen LogP contribution < -0.4 is 5.48 Å². The molecule has 1 amide bonds. The third kappa shape index (κ3) is 9.73. The van der Waals surface area contributed by atoms with Crippen LogP contribution in [0.4, 0.5) is 8.78 Å². The number of carbonyl (C=O) groups is 2. The number of benzene rings is 2. The molecule has 2 N–H and O–H groups in total. The highest BCUT2D eigenvalue weighted by atomic mass is 35.5. The van der Waals surface area contributed by atoms with Crippen molar-refractivity contribution in [2.75, 3.05) is 28.3 Å². The van der Waals surface area contributed by atoms with Gasteiger partial charge in [0.25, 0.3) is 5.91 Å². The average molecular weight is 551 g/mol. The van der Waals surface area contributed by atoms with E-state index < -0.39 is 23.5 Å². The van der Waals surface area contributed by atoms with Gasteiger partial charge in [-0.15, -0.1) is 12.4 Å². The number of rotatable bonds is 4. The molecule has 0 radical (unpaired) electrons. The fraction of sp³-hybridized carbons (Fsp3) is 0.304. The quantitative estimate of drug-likeness (QED) is 0.319. The SMILES string of the molecule is C.C.C.CNOC.CON(C)C(=O)c1noc2ccc(F)cc12.Cl.O=C(O)c1noc2ccc(F)cc12. The first-order valence-electron chi connectivity index (χ1n) is 9.08. The Kier molecular flexibility index (Phi) is 18.2. The highest BCUT2D eigenvalue weighted by molar-refractivity contribution is 6.03. The zero-order chi connectivity index (χ0) is 24.5. The van der Waals surface area contributed by atoms with Gasteiger partial charge >= 0.3 is 5.97 Å². The van der Waals surface area contributed by atoms with Crippen molar-refractivity contribution in [3.8, 4) is 0 Å². The molecule has 4 aromatic rings. The number of carboxylic acids is 1. The van der Waals surface area contributed by atoms with Gasteiger partial charge in [-0.05, 0) is 36.4 Å². The van der Waals surface area contributed by atoms with Gasteiger partial charge in [0.1, 0.15) is 11.6 Å². The number of aromatic nitrogens is 2. The highest BCUT2D eigenvalue weighted by Crippen LogP contribution is 2.21. The van der Waals surface area contributed by atoms with E-state index in [2.05, 4.69) is 25.2 Å². The molecule has 4 rings (SSSR count). The van der Waals surface area contributed by atoms with Gasteiger partial charge in [0, 0.05) is 14.1 Å². The standard InChI is InChI=1S/C10H9FN2O3.C8H4FNO3.C2H7NO.3CH4.ClH/c1-13(15-2)10(14)9-7-5-6(11)3-4-8(7)16-12-9;9-4-1-2-6-5(3-4)7(8(11)12)10-13-6;1-3-4-2;;;;/h3-5H,1-2H3;1-3H,(H,11,12);3H,1-2H3;3*1H4;1H. The highest BCUT2D eigenvalue weighted by Gasteiger charge is 2.20. The molecule has 2 aromatic carbocycles. The molecule has 14 heteroatoms. The van der Waals surface area contributed by atoms with Gasteiger partial charge in [-0.25, -0.2) is 24.1 Å². The average Bonchev–Trinajstić information content (AvgIpc) is 3.42. The van der Waals surface area contributed by atoms with Gasteiger partial charge in [-0.2, -0.15) is 0 Å². The first-order valence-corrected chi connectivity index (χ1v) is 9.08. The van der Waals surface area contributed by atoms with Crippen LogP contribution in [0.3, 0.4) is 0 Å². The minimum Gasteiger partial charge on any atom is -0.476 e. The molecule has 11 nitrogen and oxygen atoms in total. The molecule has 0 fully saturated rings. The van der Waals surface area contributed by atoms with Crippen molar-refractivity contribution < 1.29 is 42.2 Å².